The lowest BCUT2D eigenvalue weighted by atomic mass is 10.3. The van der Waals surface area contributed by atoms with Gasteiger partial charge in [0.25, 0.3) is 0 Å². The predicted octanol–water partition coefficient (Wildman–Crippen LogP) is 1.37. The van der Waals surface area contributed by atoms with Crippen LogP contribution < -0.4 is 11.5 Å². The van der Waals surface area contributed by atoms with Crippen LogP contribution in [0.15, 0.2) is 21.3 Å². The zero-order valence-corrected chi connectivity index (χ0v) is 7.63. The molecular formula is C8H7ClN2O2. The number of nitrogens with zero attached hydrogens (tertiary/aromatic N) is 1. The fourth-order valence-corrected chi connectivity index (χ4v) is 1.60. The molecule has 0 aliphatic heterocycles. The van der Waals surface area contributed by atoms with Crippen LogP contribution >= 0.6 is 11.6 Å². The molecule has 68 valence electrons. The van der Waals surface area contributed by atoms with Crippen LogP contribution in [0.5, 0.6) is 0 Å². The van der Waals surface area contributed by atoms with Crippen LogP contribution in [0.2, 0.25) is 5.02 Å². The molecule has 0 bridgehead atoms. The number of aryl methyl sites for hydroxylation is 1. The summed E-state index contributed by atoms with van der Waals surface area (Å²) in [5.41, 5.74) is 6.99. The van der Waals surface area contributed by atoms with E-state index in [2.05, 4.69) is 0 Å². The van der Waals surface area contributed by atoms with E-state index >= 15 is 0 Å². The second kappa shape index (κ2) is 2.53. The Balaban J connectivity index is 3.03. The molecule has 1 heterocycles. The van der Waals surface area contributed by atoms with Crippen molar-refractivity contribution < 1.29 is 4.42 Å². The van der Waals surface area contributed by atoms with Gasteiger partial charge in [0.05, 0.1) is 5.02 Å². The summed E-state index contributed by atoms with van der Waals surface area (Å²) in [6.07, 6.45) is 0. The molecule has 0 aliphatic carbocycles. The van der Waals surface area contributed by atoms with Crippen molar-refractivity contribution in [2.24, 2.45) is 7.05 Å². The van der Waals surface area contributed by atoms with E-state index in [0.29, 0.717) is 21.8 Å². The van der Waals surface area contributed by atoms with Crippen LogP contribution in [0, 0.1) is 0 Å². The summed E-state index contributed by atoms with van der Waals surface area (Å²) in [7, 11) is 1.59. The largest absolute Gasteiger partial charge is 0.419 e. The summed E-state index contributed by atoms with van der Waals surface area (Å²) in [5.74, 6) is -0.442. The summed E-state index contributed by atoms with van der Waals surface area (Å²) in [5, 5.41) is 0.420. The Bertz CT molecular complexity index is 527. The van der Waals surface area contributed by atoms with Gasteiger partial charge in [0.2, 0.25) is 0 Å². The van der Waals surface area contributed by atoms with Gasteiger partial charge < -0.3 is 10.2 Å². The van der Waals surface area contributed by atoms with Gasteiger partial charge in [0.15, 0.2) is 5.58 Å². The van der Waals surface area contributed by atoms with Crippen LogP contribution in [0.25, 0.3) is 11.1 Å². The van der Waals surface area contributed by atoms with Gasteiger partial charge in [-0.3, -0.25) is 4.57 Å². The monoisotopic (exact) mass is 198 g/mol. The van der Waals surface area contributed by atoms with E-state index in [0.717, 1.165) is 0 Å². The number of oxazole rings is 1. The molecule has 1 aromatic carbocycles. The van der Waals surface area contributed by atoms with Gasteiger partial charge in [0.1, 0.15) is 5.52 Å². The Morgan fingerprint density at radius 3 is 2.92 bits per heavy atom. The molecule has 0 fully saturated rings. The second-order valence-electron chi connectivity index (χ2n) is 2.78. The highest BCUT2D eigenvalue weighted by atomic mass is 35.5. The molecule has 0 saturated carbocycles. The summed E-state index contributed by atoms with van der Waals surface area (Å²) in [4.78, 5) is 11.1. The Labute approximate surface area is 78.5 Å². The average Bonchev–Trinajstić information content (AvgIpc) is 2.27. The van der Waals surface area contributed by atoms with E-state index < -0.39 is 5.76 Å². The van der Waals surface area contributed by atoms with Crippen molar-refractivity contribution in [2.75, 3.05) is 5.73 Å². The molecule has 0 unspecified atom stereocenters. The summed E-state index contributed by atoms with van der Waals surface area (Å²) < 4.78 is 6.25. The first-order valence-corrected chi connectivity index (χ1v) is 4.02. The molecule has 4 nitrogen and oxygen atoms in total. The van der Waals surface area contributed by atoms with Crippen LogP contribution in [0.3, 0.4) is 0 Å². The zero-order chi connectivity index (χ0) is 9.59. The van der Waals surface area contributed by atoms with Gasteiger partial charge >= 0.3 is 5.76 Å². The van der Waals surface area contributed by atoms with E-state index in [1.54, 1.807) is 19.2 Å². The second-order valence-corrected chi connectivity index (χ2v) is 3.18. The lowest BCUT2D eigenvalue weighted by molar-refractivity contribution is 0.528. The van der Waals surface area contributed by atoms with Gasteiger partial charge in [-0.2, -0.15) is 0 Å². The lowest BCUT2D eigenvalue weighted by Crippen LogP contribution is -2.08. The minimum atomic E-state index is -0.442. The molecule has 2 rings (SSSR count). The zero-order valence-electron chi connectivity index (χ0n) is 6.87. The number of benzene rings is 1. The van der Waals surface area contributed by atoms with E-state index in [9.17, 15) is 4.79 Å². The first-order valence-electron chi connectivity index (χ1n) is 3.64. The molecule has 0 radical (unpaired) electrons. The van der Waals surface area contributed by atoms with Crippen molar-refractivity contribution in [3.63, 3.8) is 0 Å². The molecule has 13 heavy (non-hydrogen) atoms. The number of hydrogen-bond acceptors (Lipinski definition) is 3. The average molecular weight is 199 g/mol. The number of halogens is 1. The highest BCUT2D eigenvalue weighted by Crippen LogP contribution is 2.25. The van der Waals surface area contributed by atoms with E-state index in [1.807, 2.05) is 0 Å². The molecule has 0 atom stereocenters. The number of nitrogen functional groups attached to an aromatic ring is 1. The van der Waals surface area contributed by atoms with Crippen molar-refractivity contribution >= 4 is 28.4 Å². The number of anilines is 1. The van der Waals surface area contributed by atoms with Crippen LogP contribution in [0.4, 0.5) is 5.69 Å². The van der Waals surface area contributed by atoms with Crippen LogP contribution in [0.1, 0.15) is 0 Å². The first kappa shape index (κ1) is 8.19. The number of aromatic nitrogens is 1. The topological polar surface area (TPSA) is 61.2 Å². The Hall–Kier alpha value is -1.42. The maximum atomic E-state index is 11.1. The van der Waals surface area contributed by atoms with Crippen molar-refractivity contribution in [1.29, 1.82) is 0 Å². The number of hydrogen-bond donors (Lipinski definition) is 1. The molecule has 1 aromatic heterocycles. The van der Waals surface area contributed by atoms with Crippen molar-refractivity contribution in [3.8, 4) is 0 Å². The number of nitrogens with two attached hydrogens (primary N) is 1. The third kappa shape index (κ3) is 1.10. The summed E-state index contributed by atoms with van der Waals surface area (Å²) in [6, 6.07) is 3.15. The van der Waals surface area contributed by atoms with Gasteiger partial charge in [0, 0.05) is 18.8 Å². The maximum absolute atomic E-state index is 11.1. The van der Waals surface area contributed by atoms with E-state index in [4.69, 9.17) is 21.8 Å². The van der Waals surface area contributed by atoms with Crippen molar-refractivity contribution in [2.45, 2.75) is 0 Å². The first-order chi connectivity index (χ1) is 6.09. The predicted molar refractivity (Wildman–Crippen MR) is 50.9 cm³/mol. The SMILES string of the molecule is Cn1c(=O)oc2cc(N)cc(Cl)c21. The molecule has 5 heteroatoms. The van der Waals surface area contributed by atoms with Gasteiger partial charge in [-0.25, -0.2) is 4.79 Å². The van der Waals surface area contributed by atoms with E-state index in [1.165, 1.54) is 4.57 Å². The van der Waals surface area contributed by atoms with Crippen LogP contribution in [-0.2, 0) is 7.05 Å². The smallest absolute Gasteiger partial charge is 0.408 e. The highest BCUT2D eigenvalue weighted by molar-refractivity contribution is 6.35. The third-order valence-electron chi connectivity index (χ3n) is 1.86. The highest BCUT2D eigenvalue weighted by Gasteiger charge is 2.09. The summed E-state index contributed by atoms with van der Waals surface area (Å²) in [6.45, 7) is 0. The molecule has 0 amide bonds. The molecule has 0 saturated heterocycles. The Kier molecular flexibility index (Phi) is 1.60. The fourth-order valence-electron chi connectivity index (χ4n) is 1.25. The van der Waals surface area contributed by atoms with Gasteiger partial charge in [-0.05, 0) is 6.07 Å². The molecule has 2 N–H and O–H groups in total. The van der Waals surface area contributed by atoms with Crippen molar-refractivity contribution in [1.82, 2.24) is 4.57 Å². The van der Waals surface area contributed by atoms with Crippen LogP contribution in [-0.4, -0.2) is 4.57 Å². The minimum absolute atomic E-state index is 0.414. The molecule has 0 aliphatic rings. The Morgan fingerprint density at radius 2 is 2.23 bits per heavy atom. The van der Waals surface area contributed by atoms with Gasteiger partial charge in [-0.15, -0.1) is 0 Å². The Morgan fingerprint density at radius 1 is 1.54 bits per heavy atom. The van der Waals surface area contributed by atoms with Gasteiger partial charge in [-0.1, -0.05) is 11.6 Å². The summed E-state index contributed by atoms with van der Waals surface area (Å²) >= 11 is 5.88. The van der Waals surface area contributed by atoms with Crippen molar-refractivity contribution in [3.05, 3.63) is 27.7 Å². The fraction of sp³-hybridized carbons (Fsp3) is 0.125. The third-order valence-corrected chi connectivity index (χ3v) is 2.15. The molecule has 0 spiro atoms. The normalized spacial score (nSPS) is 10.9. The lowest BCUT2D eigenvalue weighted by Gasteiger charge is -1.96. The number of fused-ring (bicyclic) bond motifs is 1. The van der Waals surface area contributed by atoms with E-state index in [-0.39, 0.29) is 0 Å². The standard InChI is InChI=1S/C8H7ClN2O2/c1-11-7-5(9)2-4(10)3-6(7)13-8(11)12/h2-3H,10H2,1H3. The minimum Gasteiger partial charge on any atom is -0.408 e. The molecular weight excluding hydrogens is 192 g/mol. The number of rotatable bonds is 0. The maximum Gasteiger partial charge on any atom is 0.419 e. The molecule has 2 aromatic rings. The quantitative estimate of drug-likeness (QED) is 0.651.